The fraction of sp³-hybridized carbons (Fsp3) is 0.533. The highest BCUT2D eigenvalue weighted by atomic mass is 32.2. The molecule has 0 bridgehead atoms. The Kier molecular flexibility index (Phi) is 5.61. The number of nitrogens with one attached hydrogen (secondary N) is 1. The number of quaternary nitrogens is 1. The van der Waals surface area contributed by atoms with Crippen LogP contribution in [-0.4, -0.2) is 57.5 Å². The molecule has 0 aliphatic carbocycles. The summed E-state index contributed by atoms with van der Waals surface area (Å²) in [6, 6.07) is 6.14. The van der Waals surface area contributed by atoms with Crippen molar-refractivity contribution in [3.8, 4) is 5.75 Å². The molecule has 1 saturated heterocycles. The summed E-state index contributed by atoms with van der Waals surface area (Å²) in [4.78, 5) is 12.5. The van der Waals surface area contributed by atoms with Gasteiger partial charge in [0.1, 0.15) is 5.75 Å². The molecule has 23 heavy (non-hydrogen) atoms. The third-order valence-corrected chi connectivity index (χ3v) is 6.09. The summed E-state index contributed by atoms with van der Waals surface area (Å²) in [7, 11) is -3.51. The van der Waals surface area contributed by atoms with E-state index in [1.54, 1.807) is 31.2 Å². The van der Waals surface area contributed by atoms with Crippen LogP contribution in [0.3, 0.4) is 0 Å². The van der Waals surface area contributed by atoms with Crippen molar-refractivity contribution in [1.29, 1.82) is 0 Å². The molecule has 3 N–H and O–H groups in total. The Hall–Kier alpha value is -1.64. The summed E-state index contributed by atoms with van der Waals surface area (Å²) in [5, 5.41) is 0. The molecule has 0 saturated carbocycles. The molecule has 1 heterocycles. The second-order valence-electron chi connectivity index (χ2n) is 5.59. The van der Waals surface area contributed by atoms with Gasteiger partial charge in [-0.15, -0.1) is 0 Å². The van der Waals surface area contributed by atoms with Gasteiger partial charge in [0.05, 0.1) is 37.7 Å². The van der Waals surface area contributed by atoms with E-state index in [1.807, 2.05) is 6.92 Å². The Morgan fingerprint density at radius 3 is 2.35 bits per heavy atom. The molecule has 0 unspecified atom stereocenters. The van der Waals surface area contributed by atoms with Crippen LogP contribution >= 0.6 is 0 Å². The molecule has 0 aromatic heterocycles. The molecule has 128 valence electrons. The van der Waals surface area contributed by atoms with Crippen molar-refractivity contribution in [2.75, 3.05) is 32.8 Å². The predicted octanol–water partition coefficient (Wildman–Crippen LogP) is -1.15. The van der Waals surface area contributed by atoms with Crippen molar-refractivity contribution in [2.24, 2.45) is 5.73 Å². The average molecular weight is 342 g/mol. The second-order valence-corrected chi connectivity index (χ2v) is 7.53. The van der Waals surface area contributed by atoms with Gasteiger partial charge in [0, 0.05) is 0 Å². The van der Waals surface area contributed by atoms with Crippen LogP contribution < -0.4 is 15.4 Å². The van der Waals surface area contributed by atoms with E-state index in [9.17, 15) is 13.2 Å². The van der Waals surface area contributed by atoms with Gasteiger partial charge >= 0.3 is 0 Å². The molecule has 0 spiro atoms. The summed E-state index contributed by atoms with van der Waals surface area (Å²) in [6.45, 7) is 6.08. The van der Waals surface area contributed by atoms with Crippen LogP contribution in [0, 0.1) is 0 Å². The van der Waals surface area contributed by atoms with E-state index < -0.39 is 10.0 Å². The maximum Gasteiger partial charge on any atom is 0.275 e. The lowest BCUT2D eigenvalue weighted by Gasteiger charge is -2.33. The number of carbonyl (C=O) groups excluding carboxylic acids is 1. The van der Waals surface area contributed by atoms with Crippen LogP contribution in [0.15, 0.2) is 29.2 Å². The first-order chi connectivity index (χ1) is 10.9. The number of primary amides is 1. The number of ether oxygens (including phenoxy) is 1. The van der Waals surface area contributed by atoms with E-state index in [4.69, 9.17) is 10.5 Å². The zero-order chi connectivity index (χ0) is 17.0. The fourth-order valence-electron chi connectivity index (χ4n) is 2.67. The highest BCUT2D eigenvalue weighted by Crippen LogP contribution is 2.19. The number of nitrogens with two attached hydrogens (primary N) is 1. The summed E-state index contributed by atoms with van der Waals surface area (Å²) >= 11 is 0. The number of amides is 1. The topological polar surface area (TPSA) is 94.1 Å². The number of benzene rings is 1. The second kappa shape index (κ2) is 7.29. The first kappa shape index (κ1) is 17.7. The van der Waals surface area contributed by atoms with Gasteiger partial charge in [0.15, 0.2) is 6.04 Å². The van der Waals surface area contributed by atoms with Gasteiger partial charge in [-0.25, -0.2) is 8.42 Å². The molecule has 1 atom stereocenters. The summed E-state index contributed by atoms with van der Waals surface area (Å²) < 4.78 is 32.1. The minimum Gasteiger partial charge on any atom is -0.494 e. The van der Waals surface area contributed by atoms with Gasteiger partial charge in [-0.2, -0.15) is 4.31 Å². The Morgan fingerprint density at radius 1 is 1.30 bits per heavy atom. The third-order valence-electron chi connectivity index (χ3n) is 4.18. The van der Waals surface area contributed by atoms with Crippen molar-refractivity contribution in [2.45, 2.75) is 24.8 Å². The number of carbonyl (C=O) groups is 1. The molecule has 8 heteroatoms. The van der Waals surface area contributed by atoms with E-state index in [0.29, 0.717) is 38.5 Å². The SMILES string of the molecule is CCOc1ccc(S(=O)(=O)N2CC[NH+]([C@H](C)C(N)=O)CC2)cc1. The third kappa shape index (κ3) is 4.01. The van der Waals surface area contributed by atoms with Crippen LogP contribution in [-0.2, 0) is 14.8 Å². The minimum absolute atomic E-state index is 0.257. The molecule has 1 aliphatic heterocycles. The van der Waals surface area contributed by atoms with Crippen molar-refractivity contribution in [3.05, 3.63) is 24.3 Å². The van der Waals surface area contributed by atoms with Crippen LogP contribution in [0.2, 0.25) is 0 Å². The van der Waals surface area contributed by atoms with E-state index in [1.165, 1.54) is 4.31 Å². The first-order valence-corrected chi connectivity index (χ1v) is 9.17. The molecule has 1 fully saturated rings. The fourth-order valence-corrected chi connectivity index (χ4v) is 4.11. The van der Waals surface area contributed by atoms with Gasteiger partial charge in [-0.1, -0.05) is 0 Å². The van der Waals surface area contributed by atoms with Gasteiger partial charge in [0.2, 0.25) is 10.0 Å². The Balaban J connectivity index is 2.05. The molecule has 1 aromatic carbocycles. The molecule has 1 aromatic rings. The van der Waals surface area contributed by atoms with Crippen molar-refractivity contribution >= 4 is 15.9 Å². The molecular formula is C15H24N3O4S+. The van der Waals surface area contributed by atoms with Crippen LogP contribution in [0.1, 0.15) is 13.8 Å². The number of sulfonamides is 1. The Labute approximate surface area is 137 Å². The van der Waals surface area contributed by atoms with Gasteiger partial charge < -0.3 is 15.4 Å². The molecular weight excluding hydrogens is 318 g/mol. The zero-order valence-corrected chi connectivity index (χ0v) is 14.3. The van der Waals surface area contributed by atoms with Crippen molar-refractivity contribution in [1.82, 2.24) is 4.31 Å². The maximum atomic E-state index is 12.7. The van der Waals surface area contributed by atoms with E-state index >= 15 is 0 Å². The molecule has 2 rings (SSSR count). The standard InChI is InChI=1S/C15H23N3O4S/c1-3-22-13-4-6-14(7-5-13)23(20,21)18-10-8-17(9-11-18)12(2)15(16)19/h4-7,12H,3,8-11H2,1-2H3,(H2,16,19)/p+1/t12-/m1/s1. The van der Waals surface area contributed by atoms with Crippen LogP contribution in [0.25, 0.3) is 0 Å². The highest BCUT2D eigenvalue weighted by Gasteiger charge is 2.33. The average Bonchev–Trinajstić information content (AvgIpc) is 2.55. The largest absolute Gasteiger partial charge is 0.494 e. The lowest BCUT2D eigenvalue weighted by Crippen LogP contribution is -3.19. The lowest BCUT2D eigenvalue weighted by atomic mass is 10.2. The lowest BCUT2D eigenvalue weighted by molar-refractivity contribution is -0.917. The normalized spacial score (nSPS) is 18.5. The van der Waals surface area contributed by atoms with Gasteiger partial charge in [-0.3, -0.25) is 4.79 Å². The minimum atomic E-state index is -3.51. The van der Waals surface area contributed by atoms with E-state index in [2.05, 4.69) is 0 Å². The number of piperazine rings is 1. The number of nitrogens with zero attached hydrogens (tertiary/aromatic N) is 1. The Morgan fingerprint density at radius 2 is 1.87 bits per heavy atom. The van der Waals surface area contributed by atoms with E-state index in [0.717, 1.165) is 4.90 Å². The summed E-state index contributed by atoms with van der Waals surface area (Å²) in [5.74, 6) is 0.291. The molecule has 1 amide bonds. The zero-order valence-electron chi connectivity index (χ0n) is 13.5. The monoisotopic (exact) mass is 342 g/mol. The molecule has 1 aliphatic rings. The van der Waals surface area contributed by atoms with Crippen molar-refractivity contribution in [3.63, 3.8) is 0 Å². The van der Waals surface area contributed by atoms with Gasteiger partial charge in [-0.05, 0) is 38.1 Å². The van der Waals surface area contributed by atoms with Crippen LogP contribution in [0.5, 0.6) is 5.75 Å². The van der Waals surface area contributed by atoms with E-state index in [-0.39, 0.29) is 16.8 Å². The van der Waals surface area contributed by atoms with Crippen molar-refractivity contribution < 1.29 is 22.8 Å². The molecule has 0 radical (unpaired) electrons. The first-order valence-electron chi connectivity index (χ1n) is 7.73. The van der Waals surface area contributed by atoms with Gasteiger partial charge in [0.25, 0.3) is 5.91 Å². The smallest absolute Gasteiger partial charge is 0.275 e. The molecule has 7 nitrogen and oxygen atoms in total. The number of hydrogen-bond donors (Lipinski definition) is 2. The maximum absolute atomic E-state index is 12.7. The Bertz CT molecular complexity index is 637. The summed E-state index contributed by atoms with van der Waals surface area (Å²) in [5.41, 5.74) is 5.31. The van der Waals surface area contributed by atoms with Crippen LogP contribution in [0.4, 0.5) is 0 Å². The summed E-state index contributed by atoms with van der Waals surface area (Å²) in [6.07, 6.45) is 0. The number of rotatable bonds is 6. The number of hydrogen-bond acceptors (Lipinski definition) is 4. The quantitative estimate of drug-likeness (QED) is 0.682. The highest BCUT2D eigenvalue weighted by molar-refractivity contribution is 7.89. The predicted molar refractivity (Wildman–Crippen MR) is 85.7 cm³/mol.